The Morgan fingerprint density at radius 1 is 1.03 bits per heavy atom. The van der Waals surface area contributed by atoms with E-state index in [9.17, 15) is 22.8 Å². The molecular weight excluding hydrogens is 635 g/mol. The first-order valence-electron chi connectivity index (χ1n) is 10.7. The van der Waals surface area contributed by atoms with E-state index in [0.717, 1.165) is 4.90 Å². The molecule has 0 saturated carbocycles. The minimum atomic E-state index is -4.16. The van der Waals surface area contributed by atoms with Gasteiger partial charge in [0.25, 0.3) is 11.8 Å². The van der Waals surface area contributed by atoms with Gasteiger partial charge < -0.3 is 8.92 Å². The third-order valence-corrected chi connectivity index (χ3v) is 7.31. The number of nitrogens with zero attached hydrogens (tertiary/aromatic N) is 1. The fourth-order valence-electron chi connectivity index (χ4n) is 3.43. The van der Waals surface area contributed by atoms with Crippen molar-refractivity contribution >= 4 is 73.9 Å². The Hall–Kier alpha value is -3.42. The molecule has 37 heavy (non-hydrogen) atoms. The summed E-state index contributed by atoms with van der Waals surface area (Å²) >= 11 is 7.87. The number of urea groups is 1. The predicted molar refractivity (Wildman–Crippen MR) is 145 cm³/mol. The van der Waals surface area contributed by atoms with Crippen molar-refractivity contribution in [2.24, 2.45) is 0 Å². The van der Waals surface area contributed by atoms with Gasteiger partial charge in [-0.15, -0.1) is 0 Å². The summed E-state index contributed by atoms with van der Waals surface area (Å²) in [5.41, 5.74) is 0.215. The minimum Gasteiger partial charge on any atom is -0.490 e. The lowest BCUT2D eigenvalue weighted by atomic mass is 10.1. The first kappa shape index (κ1) is 26.6. The van der Waals surface area contributed by atoms with E-state index in [4.69, 9.17) is 20.5 Å². The second-order valence-corrected chi connectivity index (χ2v) is 10.7. The normalized spacial score (nSPS) is 15.1. The number of amides is 4. The Kier molecular flexibility index (Phi) is 7.85. The average molecular weight is 653 g/mol. The van der Waals surface area contributed by atoms with Gasteiger partial charge >= 0.3 is 16.1 Å². The van der Waals surface area contributed by atoms with Gasteiger partial charge in [-0.3, -0.25) is 14.9 Å². The SMILES string of the molecule is CCOc1cc(/C=C2\C(=O)NC(=O)N(c3cccc(Cl)c3)C2=O)cc(I)c1OS(=O)(=O)c1ccccc1. The van der Waals surface area contributed by atoms with Crippen LogP contribution in [0.2, 0.25) is 5.02 Å². The highest BCUT2D eigenvalue weighted by Gasteiger charge is 2.37. The molecule has 0 aliphatic carbocycles. The molecule has 1 heterocycles. The summed E-state index contributed by atoms with van der Waals surface area (Å²) in [4.78, 5) is 38.9. The zero-order chi connectivity index (χ0) is 26.7. The van der Waals surface area contributed by atoms with E-state index in [-0.39, 0.29) is 34.3 Å². The first-order valence-corrected chi connectivity index (χ1v) is 13.6. The van der Waals surface area contributed by atoms with Crippen LogP contribution < -0.4 is 19.1 Å². The number of nitrogens with one attached hydrogen (secondary N) is 1. The lowest BCUT2D eigenvalue weighted by Gasteiger charge is -2.26. The molecule has 1 saturated heterocycles. The maximum absolute atomic E-state index is 13.2. The Bertz CT molecular complexity index is 1540. The smallest absolute Gasteiger partial charge is 0.339 e. The molecule has 4 rings (SSSR count). The molecule has 12 heteroatoms. The maximum atomic E-state index is 13.2. The topological polar surface area (TPSA) is 119 Å². The molecule has 0 unspecified atom stereocenters. The van der Waals surface area contributed by atoms with E-state index in [1.54, 1.807) is 37.3 Å². The van der Waals surface area contributed by atoms with Gasteiger partial charge in [-0.05, 0) is 83.6 Å². The molecule has 3 aromatic rings. The molecule has 0 spiro atoms. The maximum Gasteiger partial charge on any atom is 0.339 e. The highest BCUT2D eigenvalue weighted by atomic mass is 127. The van der Waals surface area contributed by atoms with Crippen molar-refractivity contribution in [2.45, 2.75) is 11.8 Å². The molecule has 1 fully saturated rings. The predicted octanol–water partition coefficient (Wildman–Crippen LogP) is 4.78. The molecule has 0 bridgehead atoms. The number of ether oxygens (including phenoxy) is 1. The number of benzene rings is 3. The van der Waals surface area contributed by atoms with E-state index in [0.29, 0.717) is 14.2 Å². The fraction of sp³-hybridized carbons (Fsp3) is 0.0800. The number of hydrogen-bond donors (Lipinski definition) is 1. The number of rotatable bonds is 7. The number of carbonyl (C=O) groups excluding carboxylic acids is 3. The number of barbiturate groups is 1. The van der Waals surface area contributed by atoms with Gasteiger partial charge in [0.2, 0.25) is 0 Å². The highest BCUT2D eigenvalue weighted by molar-refractivity contribution is 14.1. The van der Waals surface area contributed by atoms with E-state index in [1.807, 2.05) is 22.6 Å². The van der Waals surface area contributed by atoms with Crippen LogP contribution in [0.25, 0.3) is 6.08 Å². The molecule has 0 radical (unpaired) electrons. The van der Waals surface area contributed by atoms with Crippen LogP contribution in [0.5, 0.6) is 11.5 Å². The number of imide groups is 2. The number of halogens is 2. The number of carbonyl (C=O) groups is 3. The monoisotopic (exact) mass is 652 g/mol. The molecule has 190 valence electrons. The Morgan fingerprint density at radius 3 is 2.43 bits per heavy atom. The second kappa shape index (κ2) is 10.9. The van der Waals surface area contributed by atoms with Crippen molar-refractivity contribution in [1.82, 2.24) is 5.32 Å². The summed E-state index contributed by atoms with van der Waals surface area (Å²) < 4.78 is 36.9. The second-order valence-electron chi connectivity index (χ2n) is 7.55. The number of anilines is 1. The Morgan fingerprint density at radius 2 is 1.76 bits per heavy atom. The lowest BCUT2D eigenvalue weighted by Crippen LogP contribution is -2.54. The quantitative estimate of drug-likeness (QED) is 0.169. The summed E-state index contributed by atoms with van der Waals surface area (Å²) in [7, 11) is -4.16. The largest absolute Gasteiger partial charge is 0.490 e. The lowest BCUT2D eigenvalue weighted by molar-refractivity contribution is -0.122. The third kappa shape index (κ3) is 5.78. The van der Waals surface area contributed by atoms with Crippen molar-refractivity contribution in [1.29, 1.82) is 0 Å². The molecular formula is C25H18ClIN2O7S. The van der Waals surface area contributed by atoms with Gasteiger partial charge in [0, 0.05) is 5.02 Å². The van der Waals surface area contributed by atoms with Gasteiger partial charge in [-0.2, -0.15) is 8.42 Å². The standard InChI is InChI=1S/C25H18ClIN2O7S/c1-2-35-21-13-15(12-20(27)22(21)36-37(33,34)18-9-4-3-5-10-18)11-19-23(30)28-25(32)29(24(19)31)17-8-6-7-16(26)14-17/h3-14H,2H2,1H3,(H,28,30,32)/b19-11+. The van der Waals surface area contributed by atoms with Crippen LogP contribution in [0.3, 0.4) is 0 Å². The van der Waals surface area contributed by atoms with Crippen LogP contribution in [-0.4, -0.2) is 32.9 Å². The van der Waals surface area contributed by atoms with Crippen LogP contribution in [0.1, 0.15) is 12.5 Å². The van der Waals surface area contributed by atoms with E-state index in [1.165, 1.54) is 42.5 Å². The molecule has 3 aromatic carbocycles. The highest BCUT2D eigenvalue weighted by Crippen LogP contribution is 2.37. The summed E-state index contributed by atoms with van der Waals surface area (Å²) in [6, 6.07) is 15.8. The molecule has 1 aliphatic heterocycles. The third-order valence-electron chi connectivity index (χ3n) is 5.04. The van der Waals surface area contributed by atoms with Gasteiger partial charge in [0.05, 0.1) is 15.9 Å². The Balaban J connectivity index is 1.73. The van der Waals surface area contributed by atoms with Crippen molar-refractivity contribution in [3.63, 3.8) is 0 Å². The van der Waals surface area contributed by atoms with Gasteiger partial charge in [0.15, 0.2) is 11.5 Å². The van der Waals surface area contributed by atoms with Crippen LogP contribution in [0.15, 0.2) is 77.2 Å². The number of hydrogen-bond acceptors (Lipinski definition) is 7. The van der Waals surface area contributed by atoms with Crippen LogP contribution in [-0.2, 0) is 19.7 Å². The van der Waals surface area contributed by atoms with Crippen LogP contribution in [0.4, 0.5) is 10.5 Å². The molecule has 1 N–H and O–H groups in total. The fourth-order valence-corrected chi connectivity index (χ4v) is 5.48. The first-order chi connectivity index (χ1) is 17.6. The van der Waals surface area contributed by atoms with Crippen LogP contribution in [0, 0.1) is 3.57 Å². The van der Waals surface area contributed by atoms with Crippen molar-refractivity contribution in [2.75, 3.05) is 11.5 Å². The summed E-state index contributed by atoms with van der Waals surface area (Å²) in [5, 5.41) is 2.45. The summed E-state index contributed by atoms with van der Waals surface area (Å²) in [6.45, 7) is 1.90. The zero-order valence-corrected chi connectivity index (χ0v) is 22.8. The van der Waals surface area contributed by atoms with E-state index >= 15 is 0 Å². The van der Waals surface area contributed by atoms with Crippen LogP contribution >= 0.6 is 34.2 Å². The average Bonchev–Trinajstić information content (AvgIpc) is 2.84. The van der Waals surface area contributed by atoms with Gasteiger partial charge in [-0.1, -0.05) is 35.9 Å². The van der Waals surface area contributed by atoms with Crippen molar-refractivity contribution < 1.29 is 31.7 Å². The van der Waals surface area contributed by atoms with Gasteiger partial charge in [-0.25, -0.2) is 9.69 Å². The van der Waals surface area contributed by atoms with Crippen molar-refractivity contribution in [3.8, 4) is 11.5 Å². The molecule has 0 atom stereocenters. The molecule has 0 aromatic heterocycles. The summed E-state index contributed by atoms with van der Waals surface area (Å²) in [5.74, 6) is -1.68. The Labute approximate surface area is 231 Å². The van der Waals surface area contributed by atoms with E-state index < -0.39 is 28.0 Å². The minimum absolute atomic E-state index is 0.0327. The van der Waals surface area contributed by atoms with Crippen molar-refractivity contribution in [3.05, 3.63) is 86.5 Å². The van der Waals surface area contributed by atoms with E-state index in [2.05, 4.69) is 5.32 Å². The molecule has 9 nitrogen and oxygen atoms in total. The zero-order valence-electron chi connectivity index (χ0n) is 19.1. The van der Waals surface area contributed by atoms with Gasteiger partial charge in [0.1, 0.15) is 10.5 Å². The molecule has 1 aliphatic rings. The molecule has 4 amide bonds. The summed E-state index contributed by atoms with van der Waals surface area (Å²) in [6.07, 6.45) is 1.28.